The van der Waals surface area contributed by atoms with E-state index in [-0.39, 0.29) is 11.6 Å². The van der Waals surface area contributed by atoms with Crippen molar-refractivity contribution in [3.8, 4) is 11.3 Å². The summed E-state index contributed by atoms with van der Waals surface area (Å²) in [5.74, 6) is 0.239. The van der Waals surface area contributed by atoms with Gasteiger partial charge in [-0.3, -0.25) is 9.78 Å². The number of aromatic nitrogens is 2. The smallest absolute Gasteiger partial charge is 0.273 e. The first-order chi connectivity index (χ1) is 10.1. The molecule has 3 N–H and O–H groups in total. The summed E-state index contributed by atoms with van der Waals surface area (Å²) in [4.78, 5) is 16.3. The first-order valence-corrected chi connectivity index (χ1v) is 7.04. The van der Waals surface area contributed by atoms with Gasteiger partial charge >= 0.3 is 0 Å². The van der Waals surface area contributed by atoms with Crippen molar-refractivity contribution >= 4 is 5.91 Å². The van der Waals surface area contributed by atoms with Crippen LogP contribution in [0.3, 0.4) is 0 Å². The molecule has 2 aromatic rings. The van der Waals surface area contributed by atoms with Crippen LogP contribution in [0.5, 0.6) is 0 Å². The molecule has 0 aliphatic rings. The molecule has 6 heteroatoms. The van der Waals surface area contributed by atoms with Gasteiger partial charge < -0.3 is 15.6 Å². The predicted octanol–water partition coefficient (Wildman–Crippen LogP) is 1.98. The van der Waals surface area contributed by atoms with Gasteiger partial charge in [0.15, 0.2) is 11.5 Å². The van der Waals surface area contributed by atoms with Gasteiger partial charge in [-0.25, -0.2) is 0 Å². The highest BCUT2D eigenvalue weighted by molar-refractivity contribution is 5.93. The molecule has 1 amide bonds. The van der Waals surface area contributed by atoms with E-state index in [9.17, 15) is 4.79 Å². The minimum Gasteiger partial charge on any atom is -0.355 e. The minimum absolute atomic E-state index is 0.244. The summed E-state index contributed by atoms with van der Waals surface area (Å²) in [5, 5.41) is 6.78. The molecule has 6 nitrogen and oxygen atoms in total. The van der Waals surface area contributed by atoms with Gasteiger partial charge in [-0.15, -0.1) is 0 Å². The second-order valence-corrected chi connectivity index (χ2v) is 4.96. The van der Waals surface area contributed by atoms with Crippen LogP contribution >= 0.6 is 0 Å². The lowest BCUT2D eigenvalue weighted by atomic mass is 9.93. The van der Waals surface area contributed by atoms with E-state index < -0.39 is 5.54 Å². The Kier molecular flexibility index (Phi) is 4.70. The third-order valence-corrected chi connectivity index (χ3v) is 3.81. The minimum atomic E-state index is -0.398. The van der Waals surface area contributed by atoms with Crippen LogP contribution in [-0.2, 0) is 0 Å². The molecular formula is C15H20N4O2. The Balaban J connectivity index is 2.16. The van der Waals surface area contributed by atoms with Crippen LogP contribution in [-0.4, -0.2) is 28.1 Å². The van der Waals surface area contributed by atoms with Crippen LogP contribution in [0.1, 0.15) is 37.2 Å². The summed E-state index contributed by atoms with van der Waals surface area (Å²) in [6, 6.07) is 5.25. The molecule has 0 saturated carbocycles. The van der Waals surface area contributed by atoms with Crippen molar-refractivity contribution in [1.29, 1.82) is 0 Å². The maximum atomic E-state index is 12.3. The first-order valence-electron chi connectivity index (χ1n) is 7.04. The number of amides is 1. The van der Waals surface area contributed by atoms with Gasteiger partial charge in [-0.05, 0) is 25.0 Å². The van der Waals surface area contributed by atoms with Gasteiger partial charge in [0, 0.05) is 30.6 Å². The normalized spacial score (nSPS) is 11.4. The van der Waals surface area contributed by atoms with E-state index in [1.165, 1.54) is 0 Å². The number of carbonyl (C=O) groups is 1. The molecule has 2 aromatic heterocycles. The Hall–Kier alpha value is -2.21. The lowest BCUT2D eigenvalue weighted by molar-refractivity contribution is 0.0886. The summed E-state index contributed by atoms with van der Waals surface area (Å²) in [7, 11) is 0. The molecule has 0 aliphatic carbocycles. The Bertz CT molecular complexity index is 582. The zero-order valence-corrected chi connectivity index (χ0v) is 12.3. The Labute approximate surface area is 123 Å². The number of rotatable bonds is 6. The molecule has 0 fully saturated rings. The monoisotopic (exact) mass is 288 g/mol. The van der Waals surface area contributed by atoms with Crippen LogP contribution in [0.4, 0.5) is 0 Å². The second-order valence-electron chi connectivity index (χ2n) is 4.96. The summed E-state index contributed by atoms with van der Waals surface area (Å²) < 4.78 is 5.21. The van der Waals surface area contributed by atoms with Crippen molar-refractivity contribution in [2.45, 2.75) is 32.2 Å². The number of hydrogen-bond acceptors (Lipinski definition) is 5. The van der Waals surface area contributed by atoms with Gasteiger partial charge in [0.1, 0.15) is 0 Å². The summed E-state index contributed by atoms with van der Waals surface area (Å²) >= 11 is 0. The molecule has 2 heterocycles. The molecule has 0 spiro atoms. The van der Waals surface area contributed by atoms with Crippen molar-refractivity contribution in [3.05, 3.63) is 36.3 Å². The third kappa shape index (κ3) is 3.28. The molecule has 0 atom stereocenters. The topological polar surface area (TPSA) is 94.0 Å². The molecule has 0 aliphatic heterocycles. The molecule has 0 aromatic carbocycles. The number of nitrogens with two attached hydrogens (primary N) is 1. The Morgan fingerprint density at radius 3 is 2.76 bits per heavy atom. The maximum Gasteiger partial charge on any atom is 0.273 e. The third-order valence-electron chi connectivity index (χ3n) is 3.81. The van der Waals surface area contributed by atoms with Crippen LogP contribution in [0.15, 0.2) is 35.1 Å². The number of nitrogens with one attached hydrogen (secondary N) is 1. The van der Waals surface area contributed by atoms with E-state index in [0.29, 0.717) is 12.3 Å². The zero-order valence-electron chi connectivity index (χ0n) is 12.3. The fraction of sp³-hybridized carbons (Fsp3) is 0.400. The summed E-state index contributed by atoms with van der Waals surface area (Å²) in [5.41, 5.74) is 6.41. The van der Waals surface area contributed by atoms with Crippen molar-refractivity contribution in [2.24, 2.45) is 5.73 Å². The quantitative estimate of drug-likeness (QED) is 0.847. The largest absolute Gasteiger partial charge is 0.355 e. The van der Waals surface area contributed by atoms with Gasteiger partial charge in [-0.1, -0.05) is 19.0 Å². The van der Waals surface area contributed by atoms with Crippen LogP contribution < -0.4 is 11.1 Å². The predicted molar refractivity (Wildman–Crippen MR) is 79.6 cm³/mol. The Morgan fingerprint density at radius 1 is 1.43 bits per heavy atom. The van der Waals surface area contributed by atoms with E-state index in [1.807, 2.05) is 19.9 Å². The second kappa shape index (κ2) is 6.49. The SMILES string of the molecule is CCC(CC)(CN)NC(=O)c1cc(-c2cccnc2)on1. The van der Waals surface area contributed by atoms with E-state index in [1.54, 1.807) is 24.5 Å². The first kappa shape index (κ1) is 15.2. The van der Waals surface area contributed by atoms with Crippen molar-refractivity contribution < 1.29 is 9.32 Å². The summed E-state index contributed by atoms with van der Waals surface area (Å²) in [6.45, 7) is 4.39. The van der Waals surface area contributed by atoms with Crippen LogP contribution in [0, 0.1) is 0 Å². The number of carbonyl (C=O) groups excluding carboxylic acids is 1. The van der Waals surface area contributed by atoms with Gasteiger partial charge in [0.25, 0.3) is 5.91 Å². The fourth-order valence-corrected chi connectivity index (χ4v) is 2.10. The van der Waals surface area contributed by atoms with E-state index in [0.717, 1.165) is 18.4 Å². The van der Waals surface area contributed by atoms with Crippen LogP contribution in [0.2, 0.25) is 0 Å². The zero-order chi connectivity index (χ0) is 15.3. The molecule has 2 rings (SSSR count). The van der Waals surface area contributed by atoms with Crippen molar-refractivity contribution in [3.63, 3.8) is 0 Å². The van der Waals surface area contributed by atoms with Crippen LogP contribution in [0.25, 0.3) is 11.3 Å². The molecule has 0 bridgehead atoms. The highest BCUT2D eigenvalue weighted by Gasteiger charge is 2.28. The van der Waals surface area contributed by atoms with E-state index in [4.69, 9.17) is 10.3 Å². The number of hydrogen-bond donors (Lipinski definition) is 2. The van der Waals surface area contributed by atoms with Crippen molar-refractivity contribution in [1.82, 2.24) is 15.5 Å². The van der Waals surface area contributed by atoms with E-state index >= 15 is 0 Å². The molecule has 0 radical (unpaired) electrons. The van der Waals surface area contributed by atoms with Gasteiger partial charge in [-0.2, -0.15) is 0 Å². The highest BCUT2D eigenvalue weighted by atomic mass is 16.5. The average molecular weight is 288 g/mol. The summed E-state index contributed by atoms with van der Waals surface area (Å²) in [6.07, 6.45) is 4.86. The van der Waals surface area contributed by atoms with Gasteiger partial charge in [0.05, 0.1) is 5.54 Å². The highest BCUT2D eigenvalue weighted by Crippen LogP contribution is 2.20. The number of pyridine rings is 1. The Morgan fingerprint density at radius 2 is 2.19 bits per heavy atom. The molecule has 112 valence electrons. The maximum absolute atomic E-state index is 12.3. The fourth-order valence-electron chi connectivity index (χ4n) is 2.10. The van der Waals surface area contributed by atoms with Gasteiger partial charge in [0.2, 0.25) is 0 Å². The molecule has 0 unspecified atom stereocenters. The lowest BCUT2D eigenvalue weighted by Crippen LogP contribution is -2.52. The molecule has 21 heavy (non-hydrogen) atoms. The number of nitrogens with zero attached hydrogens (tertiary/aromatic N) is 2. The lowest BCUT2D eigenvalue weighted by Gasteiger charge is -2.30. The average Bonchev–Trinajstić information content (AvgIpc) is 3.04. The molecule has 0 saturated heterocycles. The van der Waals surface area contributed by atoms with Crippen molar-refractivity contribution in [2.75, 3.05) is 6.54 Å². The standard InChI is InChI=1S/C15H20N4O2/c1-3-15(4-2,10-16)18-14(20)12-8-13(21-19-12)11-6-5-7-17-9-11/h5-9H,3-4,10,16H2,1-2H3,(H,18,20). The molecular weight excluding hydrogens is 268 g/mol. The van der Waals surface area contributed by atoms with E-state index in [2.05, 4.69) is 15.5 Å².